The lowest BCUT2D eigenvalue weighted by Crippen LogP contribution is -2.39. The summed E-state index contributed by atoms with van der Waals surface area (Å²) in [6.45, 7) is 5.51. The zero-order valence-electron chi connectivity index (χ0n) is 18.8. The molecule has 1 aliphatic heterocycles. The highest BCUT2D eigenvalue weighted by molar-refractivity contribution is 6.30. The number of nitrogens with two attached hydrogens (primary N) is 1. The lowest BCUT2D eigenvalue weighted by Gasteiger charge is -2.22. The van der Waals surface area contributed by atoms with Gasteiger partial charge >= 0.3 is 0 Å². The van der Waals surface area contributed by atoms with E-state index in [4.69, 9.17) is 17.3 Å². The summed E-state index contributed by atoms with van der Waals surface area (Å²) in [5.74, 6) is -0.435. The summed E-state index contributed by atoms with van der Waals surface area (Å²) in [4.78, 5) is 27.0. The van der Waals surface area contributed by atoms with Gasteiger partial charge < -0.3 is 11.1 Å². The molecule has 1 atom stereocenters. The SMILES string of the molecule is CC(C)c1c(C(=O)Nc2cccc(CN3CCCC3C(N)=O)c2)cnn1-c1cccc(Cl)c1. The molecule has 3 aromatic rings. The Kier molecular flexibility index (Phi) is 6.81. The monoisotopic (exact) mass is 465 g/mol. The molecule has 0 aliphatic carbocycles. The number of hydrogen-bond donors (Lipinski definition) is 2. The van der Waals surface area contributed by atoms with Crippen molar-refractivity contribution in [2.24, 2.45) is 5.73 Å². The topological polar surface area (TPSA) is 93.2 Å². The fourth-order valence-corrected chi connectivity index (χ4v) is 4.60. The standard InChI is InChI=1S/C25H28ClN5O2/c1-16(2)23-21(14-28-31(23)20-9-4-7-18(26)13-20)25(33)29-19-8-3-6-17(12-19)15-30-11-5-10-22(30)24(27)32/h3-4,6-9,12-14,16,22H,5,10-11,15H2,1-2H3,(H2,27,32)(H,29,33). The van der Waals surface area contributed by atoms with E-state index in [1.807, 2.05) is 56.3 Å². The molecule has 172 valence electrons. The van der Waals surface area contributed by atoms with E-state index < -0.39 is 0 Å². The van der Waals surface area contributed by atoms with Crippen LogP contribution in [0.25, 0.3) is 5.69 Å². The van der Waals surface area contributed by atoms with Crippen molar-refractivity contribution in [3.05, 3.63) is 76.6 Å². The zero-order valence-corrected chi connectivity index (χ0v) is 19.5. The van der Waals surface area contributed by atoms with Crippen LogP contribution < -0.4 is 11.1 Å². The first-order chi connectivity index (χ1) is 15.8. The molecule has 33 heavy (non-hydrogen) atoms. The van der Waals surface area contributed by atoms with Crippen molar-refractivity contribution in [3.8, 4) is 5.69 Å². The molecule has 7 nitrogen and oxygen atoms in total. The molecule has 1 unspecified atom stereocenters. The number of amides is 2. The van der Waals surface area contributed by atoms with Gasteiger partial charge in [0.05, 0.1) is 29.2 Å². The van der Waals surface area contributed by atoms with Crippen molar-refractivity contribution >= 4 is 29.1 Å². The number of carbonyl (C=O) groups excluding carboxylic acids is 2. The van der Waals surface area contributed by atoms with E-state index in [0.717, 1.165) is 36.3 Å². The Balaban J connectivity index is 1.54. The lowest BCUT2D eigenvalue weighted by molar-refractivity contribution is -0.122. The van der Waals surface area contributed by atoms with E-state index in [1.54, 1.807) is 16.9 Å². The van der Waals surface area contributed by atoms with Crippen LogP contribution in [-0.4, -0.2) is 39.1 Å². The molecule has 0 radical (unpaired) electrons. The second kappa shape index (κ2) is 9.77. The number of carbonyl (C=O) groups is 2. The van der Waals surface area contributed by atoms with Crippen LogP contribution in [0.2, 0.25) is 5.02 Å². The van der Waals surface area contributed by atoms with Crippen molar-refractivity contribution in [2.45, 2.75) is 45.2 Å². The highest BCUT2D eigenvalue weighted by Crippen LogP contribution is 2.26. The van der Waals surface area contributed by atoms with E-state index in [1.165, 1.54) is 0 Å². The van der Waals surface area contributed by atoms with Crippen molar-refractivity contribution < 1.29 is 9.59 Å². The molecule has 2 amide bonds. The number of likely N-dealkylation sites (tertiary alicyclic amines) is 1. The number of aromatic nitrogens is 2. The van der Waals surface area contributed by atoms with Crippen LogP contribution in [0.3, 0.4) is 0 Å². The van der Waals surface area contributed by atoms with E-state index in [2.05, 4.69) is 15.3 Å². The molecular formula is C25H28ClN5O2. The van der Waals surface area contributed by atoms with Gasteiger partial charge in [-0.25, -0.2) is 4.68 Å². The normalized spacial score (nSPS) is 16.3. The van der Waals surface area contributed by atoms with Crippen LogP contribution in [0.5, 0.6) is 0 Å². The fraction of sp³-hybridized carbons (Fsp3) is 0.320. The Morgan fingerprint density at radius 2 is 2.00 bits per heavy atom. The van der Waals surface area contributed by atoms with E-state index in [0.29, 0.717) is 22.8 Å². The number of rotatable bonds is 7. The molecule has 1 aromatic heterocycles. The maximum Gasteiger partial charge on any atom is 0.259 e. The van der Waals surface area contributed by atoms with Crippen LogP contribution >= 0.6 is 11.6 Å². The summed E-state index contributed by atoms with van der Waals surface area (Å²) in [7, 11) is 0. The van der Waals surface area contributed by atoms with Gasteiger partial charge in [-0.05, 0) is 61.2 Å². The quantitative estimate of drug-likeness (QED) is 0.542. The first-order valence-corrected chi connectivity index (χ1v) is 11.5. The third-order valence-electron chi connectivity index (χ3n) is 5.91. The van der Waals surface area contributed by atoms with Crippen LogP contribution in [0.1, 0.15) is 54.2 Å². The largest absolute Gasteiger partial charge is 0.368 e. The smallest absolute Gasteiger partial charge is 0.259 e. The number of halogens is 1. The Morgan fingerprint density at radius 1 is 1.21 bits per heavy atom. The highest BCUT2D eigenvalue weighted by atomic mass is 35.5. The average molecular weight is 466 g/mol. The first kappa shape index (κ1) is 23.0. The van der Waals surface area contributed by atoms with Crippen LogP contribution in [0.4, 0.5) is 5.69 Å². The fourth-order valence-electron chi connectivity index (χ4n) is 4.42. The lowest BCUT2D eigenvalue weighted by atomic mass is 10.0. The predicted molar refractivity (Wildman–Crippen MR) is 130 cm³/mol. The molecule has 0 spiro atoms. The molecule has 1 fully saturated rings. The van der Waals surface area contributed by atoms with Gasteiger partial charge in [-0.15, -0.1) is 0 Å². The van der Waals surface area contributed by atoms with Crippen LogP contribution in [-0.2, 0) is 11.3 Å². The predicted octanol–water partition coefficient (Wildman–Crippen LogP) is 4.35. The van der Waals surface area contributed by atoms with Gasteiger partial charge in [-0.1, -0.05) is 43.6 Å². The van der Waals surface area contributed by atoms with Crippen molar-refractivity contribution in [3.63, 3.8) is 0 Å². The molecule has 8 heteroatoms. The van der Waals surface area contributed by atoms with Crippen molar-refractivity contribution in [1.82, 2.24) is 14.7 Å². The summed E-state index contributed by atoms with van der Waals surface area (Å²) in [5.41, 5.74) is 9.38. The summed E-state index contributed by atoms with van der Waals surface area (Å²) in [6, 6.07) is 14.8. The number of primary amides is 1. The number of anilines is 1. The molecule has 2 heterocycles. The maximum atomic E-state index is 13.2. The molecule has 3 N–H and O–H groups in total. The Morgan fingerprint density at radius 3 is 2.73 bits per heavy atom. The minimum Gasteiger partial charge on any atom is -0.368 e. The number of hydrogen-bond acceptors (Lipinski definition) is 4. The number of nitrogens with one attached hydrogen (secondary N) is 1. The van der Waals surface area contributed by atoms with Crippen molar-refractivity contribution in [1.29, 1.82) is 0 Å². The molecule has 2 aromatic carbocycles. The van der Waals surface area contributed by atoms with E-state index >= 15 is 0 Å². The molecule has 0 bridgehead atoms. The molecular weight excluding hydrogens is 438 g/mol. The van der Waals surface area contributed by atoms with Gasteiger partial charge in [0, 0.05) is 17.3 Å². The Labute approximate surface area is 198 Å². The Bertz CT molecular complexity index is 1170. The molecule has 4 rings (SSSR count). The summed E-state index contributed by atoms with van der Waals surface area (Å²) in [6.07, 6.45) is 3.34. The number of benzene rings is 2. The highest BCUT2D eigenvalue weighted by Gasteiger charge is 2.29. The summed E-state index contributed by atoms with van der Waals surface area (Å²) in [5, 5.41) is 8.08. The third kappa shape index (κ3) is 5.10. The van der Waals surface area contributed by atoms with Gasteiger partial charge in [0.25, 0.3) is 5.91 Å². The van der Waals surface area contributed by atoms with Gasteiger partial charge in [-0.3, -0.25) is 14.5 Å². The molecule has 1 aliphatic rings. The first-order valence-electron chi connectivity index (χ1n) is 11.1. The van der Waals surface area contributed by atoms with Gasteiger partial charge in [-0.2, -0.15) is 5.10 Å². The zero-order chi connectivity index (χ0) is 23.5. The molecule has 0 saturated carbocycles. The van der Waals surface area contributed by atoms with Crippen molar-refractivity contribution in [2.75, 3.05) is 11.9 Å². The van der Waals surface area contributed by atoms with Gasteiger partial charge in [0.15, 0.2) is 0 Å². The van der Waals surface area contributed by atoms with Crippen LogP contribution in [0, 0.1) is 0 Å². The van der Waals surface area contributed by atoms with E-state index in [-0.39, 0.29) is 23.8 Å². The van der Waals surface area contributed by atoms with Gasteiger partial charge in [0.1, 0.15) is 0 Å². The second-order valence-electron chi connectivity index (χ2n) is 8.68. The third-order valence-corrected chi connectivity index (χ3v) is 6.15. The van der Waals surface area contributed by atoms with Crippen LogP contribution in [0.15, 0.2) is 54.7 Å². The minimum atomic E-state index is -0.283. The van der Waals surface area contributed by atoms with Gasteiger partial charge in [0.2, 0.25) is 5.91 Å². The average Bonchev–Trinajstić information content (AvgIpc) is 3.41. The minimum absolute atomic E-state index is 0.0689. The van der Waals surface area contributed by atoms with E-state index in [9.17, 15) is 9.59 Å². The summed E-state index contributed by atoms with van der Waals surface area (Å²) >= 11 is 6.16. The second-order valence-corrected chi connectivity index (χ2v) is 9.11. The summed E-state index contributed by atoms with van der Waals surface area (Å²) < 4.78 is 1.76. The Hall–Kier alpha value is -3.16. The maximum absolute atomic E-state index is 13.2. The molecule has 1 saturated heterocycles. The number of nitrogens with zero attached hydrogens (tertiary/aromatic N) is 3.